The van der Waals surface area contributed by atoms with E-state index in [-0.39, 0.29) is 5.56 Å². The fourth-order valence-electron chi connectivity index (χ4n) is 1.89. The number of aromatic carboxylic acids is 1. The van der Waals surface area contributed by atoms with E-state index in [1.165, 1.54) is 7.11 Å². The number of carbonyl (C=O) groups is 1. The molecule has 0 spiro atoms. The van der Waals surface area contributed by atoms with Crippen molar-refractivity contribution < 1.29 is 19.4 Å². The molecule has 1 N–H and O–H groups in total. The van der Waals surface area contributed by atoms with Crippen LogP contribution in [-0.4, -0.2) is 50.4 Å². The summed E-state index contributed by atoms with van der Waals surface area (Å²) in [4.78, 5) is 13.3. The lowest BCUT2D eigenvalue weighted by Gasteiger charge is -2.17. The van der Waals surface area contributed by atoms with Crippen LogP contribution in [0.25, 0.3) is 0 Å². The maximum atomic E-state index is 11.1. The summed E-state index contributed by atoms with van der Waals surface area (Å²) in [6.07, 6.45) is 0.953. The molecule has 19 heavy (non-hydrogen) atoms. The number of carboxylic acids is 1. The van der Waals surface area contributed by atoms with Gasteiger partial charge in [-0.1, -0.05) is 6.07 Å². The highest BCUT2D eigenvalue weighted by Gasteiger charge is 2.12. The molecular weight excluding hydrogens is 246 g/mol. The molecule has 1 rings (SSSR count). The van der Waals surface area contributed by atoms with Gasteiger partial charge < -0.3 is 19.5 Å². The van der Waals surface area contributed by atoms with Crippen molar-refractivity contribution in [1.29, 1.82) is 0 Å². The molecule has 5 nitrogen and oxygen atoms in total. The number of rotatable bonds is 8. The molecule has 106 valence electrons. The zero-order valence-corrected chi connectivity index (χ0v) is 11.7. The number of hydrogen-bond acceptors (Lipinski definition) is 4. The highest BCUT2D eigenvalue weighted by molar-refractivity contribution is 5.91. The lowest BCUT2D eigenvalue weighted by molar-refractivity contribution is 0.0693. The Kier molecular flexibility index (Phi) is 6.32. The van der Waals surface area contributed by atoms with E-state index in [9.17, 15) is 4.79 Å². The van der Waals surface area contributed by atoms with E-state index >= 15 is 0 Å². The predicted molar refractivity (Wildman–Crippen MR) is 72.8 cm³/mol. The third-order valence-corrected chi connectivity index (χ3v) is 2.84. The lowest BCUT2D eigenvalue weighted by Crippen LogP contribution is -2.20. The van der Waals surface area contributed by atoms with Crippen molar-refractivity contribution in [2.24, 2.45) is 0 Å². The molecule has 0 aromatic heterocycles. The Labute approximate surface area is 113 Å². The summed E-state index contributed by atoms with van der Waals surface area (Å²) < 4.78 is 10.0. The number of hydrogen-bond donors (Lipinski definition) is 1. The van der Waals surface area contributed by atoms with E-state index in [0.29, 0.717) is 12.3 Å². The van der Waals surface area contributed by atoms with Crippen LogP contribution in [-0.2, 0) is 11.3 Å². The van der Waals surface area contributed by atoms with Gasteiger partial charge >= 0.3 is 5.97 Å². The second kappa shape index (κ2) is 7.76. The molecule has 0 heterocycles. The van der Waals surface area contributed by atoms with Crippen molar-refractivity contribution in [2.45, 2.75) is 13.0 Å². The normalized spacial score (nSPS) is 10.7. The first-order valence-electron chi connectivity index (χ1n) is 6.16. The Hall–Kier alpha value is -1.59. The molecule has 0 saturated carbocycles. The molecule has 0 bridgehead atoms. The van der Waals surface area contributed by atoms with E-state index in [1.54, 1.807) is 19.2 Å². The maximum absolute atomic E-state index is 11.1. The average Bonchev–Trinajstić information content (AvgIpc) is 2.39. The van der Waals surface area contributed by atoms with Crippen LogP contribution in [0.5, 0.6) is 5.75 Å². The van der Waals surface area contributed by atoms with Crippen molar-refractivity contribution in [1.82, 2.24) is 4.90 Å². The summed E-state index contributed by atoms with van der Waals surface area (Å²) in [5, 5.41) is 9.12. The first-order chi connectivity index (χ1) is 9.08. The summed E-state index contributed by atoms with van der Waals surface area (Å²) in [6.45, 7) is 2.34. The summed E-state index contributed by atoms with van der Waals surface area (Å²) in [5.41, 5.74) is 1.16. The van der Waals surface area contributed by atoms with E-state index in [0.717, 1.165) is 25.1 Å². The summed E-state index contributed by atoms with van der Waals surface area (Å²) in [6, 6.07) is 5.24. The molecule has 1 aromatic rings. The minimum absolute atomic E-state index is 0.199. The molecule has 1 aromatic carbocycles. The quantitative estimate of drug-likeness (QED) is 0.729. The van der Waals surface area contributed by atoms with Gasteiger partial charge in [-0.05, 0) is 31.2 Å². The van der Waals surface area contributed by atoms with Crippen molar-refractivity contribution in [3.05, 3.63) is 29.3 Å². The maximum Gasteiger partial charge on any atom is 0.339 e. The highest BCUT2D eigenvalue weighted by atomic mass is 16.5. The molecule has 0 aliphatic rings. The topological polar surface area (TPSA) is 59.0 Å². The minimum atomic E-state index is -0.972. The number of benzene rings is 1. The smallest absolute Gasteiger partial charge is 0.339 e. The second-order valence-corrected chi connectivity index (χ2v) is 4.42. The van der Waals surface area contributed by atoms with Gasteiger partial charge in [0.05, 0.1) is 7.11 Å². The monoisotopic (exact) mass is 267 g/mol. The van der Waals surface area contributed by atoms with Gasteiger partial charge in [0.25, 0.3) is 0 Å². The van der Waals surface area contributed by atoms with Crippen LogP contribution >= 0.6 is 0 Å². The van der Waals surface area contributed by atoms with E-state index in [1.807, 2.05) is 13.1 Å². The van der Waals surface area contributed by atoms with E-state index < -0.39 is 5.97 Å². The summed E-state index contributed by atoms with van der Waals surface area (Å²) in [5.74, 6) is -0.584. The third kappa shape index (κ3) is 4.89. The standard InChI is InChI=1S/C14H21NO4/c1-15(7-4-8-18-2)10-11-5-6-13(19-3)12(9-11)14(16)17/h5-6,9H,4,7-8,10H2,1-3H3,(H,16,17). The Balaban J connectivity index is 2.68. The summed E-state index contributed by atoms with van der Waals surface area (Å²) >= 11 is 0. The van der Waals surface area contributed by atoms with Crippen LogP contribution in [0.1, 0.15) is 22.3 Å². The molecule has 0 unspecified atom stereocenters. The van der Waals surface area contributed by atoms with Crippen LogP contribution in [0.3, 0.4) is 0 Å². The fourth-order valence-corrected chi connectivity index (χ4v) is 1.89. The SMILES string of the molecule is COCCCN(C)Cc1ccc(OC)c(C(=O)O)c1. The van der Waals surface area contributed by atoms with Gasteiger partial charge in [0, 0.05) is 26.8 Å². The average molecular weight is 267 g/mol. The first-order valence-corrected chi connectivity index (χ1v) is 6.16. The van der Waals surface area contributed by atoms with Crippen LogP contribution < -0.4 is 4.74 Å². The molecule has 0 fully saturated rings. The largest absolute Gasteiger partial charge is 0.496 e. The highest BCUT2D eigenvalue weighted by Crippen LogP contribution is 2.20. The number of carboxylic acid groups (broad SMARTS) is 1. The van der Waals surface area contributed by atoms with Gasteiger partial charge in [-0.15, -0.1) is 0 Å². The summed E-state index contributed by atoms with van der Waals surface area (Å²) in [7, 11) is 5.15. The zero-order chi connectivity index (χ0) is 14.3. The van der Waals surface area contributed by atoms with Gasteiger partial charge in [0.15, 0.2) is 0 Å². The Morgan fingerprint density at radius 3 is 2.68 bits per heavy atom. The fraction of sp³-hybridized carbons (Fsp3) is 0.500. The minimum Gasteiger partial charge on any atom is -0.496 e. The van der Waals surface area contributed by atoms with Crippen LogP contribution in [0.4, 0.5) is 0 Å². The lowest BCUT2D eigenvalue weighted by atomic mass is 10.1. The van der Waals surface area contributed by atoms with Crippen molar-refractivity contribution in [3.63, 3.8) is 0 Å². The van der Waals surface area contributed by atoms with Gasteiger partial charge in [0.1, 0.15) is 11.3 Å². The molecular formula is C14H21NO4. The Bertz CT molecular complexity index is 420. The van der Waals surface area contributed by atoms with Crippen LogP contribution in [0.15, 0.2) is 18.2 Å². The Morgan fingerprint density at radius 2 is 2.11 bits per heavy atom. The first kappa shape index (κ1) is 15.5. The molecule has 5 heteroatoms. The predicted octanol–water partition coefficient (Wildman–Crippen LogP) is 1.86. The molecule has 0 radical (unpaired) electrons. The van der Waals surface area contributed by atoms with Gasteiger partial charge in [0.2, 0.25) is 0 Å². The number of nitrogens with zero attached hydrogens (tertiary/aromatic N) is 1. The van der Waals surface area contributed by atoms with E-state index in [2.05, 4.69) is 4.90 Å². The van der Waals surface area contributed by atoms with E-state index in [4.69, 9.17) is 14.6 Å². The van der Waals surface area contributed by atoms with Gasteiger partial charge in [-0.2, -0.15) is 0 Å². The molecule has 0 amide bonds. The Morgan fingerprint density at radius 1 is 1.37 bits per heavy atom. The molecule has 0 aliphatic heterocycles. The third-order valence-electron chi connectivity index (χ3n) is 2.84. The molecule has 0 saturated heterocycles. The second-order valence-electron chi connectivity index (χ2n) is 4.42. The molecule has 0 atom stereocenters. The van der Waals surface area contributed by atoms with Crippen molar-refractivity contribution in [3.8, 4) is 5.75 Å². The van der Waals surface area contributed by atoms with Crippen molar-refractivity contribution >= 4 is 5.97 Å². The van der Waals surface area contributed by atoms with Crippen LogP contribution in [0, 0.1) is 0 Å². The number of ether oxygens (including phenoxy) is 2. The van der Waals surface area contributed by atoms with Gasteiger partial charge in [-0.25, -0.2) is 4.79 Å². The number of methoxy groups -OCH3 is 2. The van der Waals surface area contributed by atoms with Gasteiger partial charge in [-0.3, -0.25) is 0 Å². The van der Waals surface area contributed by atoms with Crippen LogP contribution in [0.2, 0.25) is 0 Å². The van der Waals surface area contributed by atoms with Crippen molar-refractivity contribution in [2.75, 3.05) is 34.4 Å². The molecule has 0 aliphatic carbocycles. The zero-order valence-electron chi connectivity index (χ0n) is 11.7.